The molecule has 7 nitrogen and oxygen atoms in total. The Morgan fingerprint density at radius 1 is 0.273 bits per heavy atom. The molecule has 7 heteroatoms. The van der Waals surface area contributed by atoms with Gasteiger partial charge in [-0.3, -0.25) is 0 Å². The van der Waals surface area contributed by atoms with Crippen molar-refractivity contribution in [1.29, 1.82) is 0 Å². The van der Waals surface area contributed by atoms with Gasteiger partial charge in [0.05, 0.1) is 0 Å². The molecule has 0 saturated heterocycles. The van der Waals surface area contributed by atoms with Gasteiger partial charge in [-0.1, -0.05) is 164 Å². The van der Waals surface area contributed by atoms with Crippen LogP contribution in [0.2, 0.25) is 0 Å². The van der Waals surface area contributed by atoms with Gasteiger partial charge >= 0.3 is 0 Å². The Morgan fingerprint density at radius 2 is 0.655 bits per heavy atom. The first-order chi connectivity index (χ1) is 27.2. The van der Waals surface area contributed by atoms with Crippen molar-refractivity contribution in [1.82, 2.24) is 29.9 Å². The number of rotatable bonds is 7. The van der Waals surface area contributed by atoms with Gasteiger partial charge in [-0.2, -0.15) is 0 Å². The van der Waals surface area contributed by atoms with Gasteiger partial charge in [-0.05, 0) is 29.3 Å². The summed E-state index contributed by atoms with van der Waals surface area (Å²) in [6.07, 6.45) is 0. The summed E-state index contributed by atoms with van der Waals surface area (Å²) in [6.45, 7) is 0. The van der Waals surface area contributed by atoms with Crippen molar-refractivity contribution in [3.63, 3.8) is 0 Å². The highest BCUT2D eigenvalue weighted by Gasteiger charge is 2.19. The Bertz CT molecular complexity index is 2840. The van der Waals surface area contributed by atoms with Gasteiger partial charge in [0, 0.05) is 44.2 Å². The van der Waals surface area contributed by atoms with Crippen LogP contribution in [0, 0.1) is 0 Å². The molecule has 55 heavy (non-hydrogen) atoms. The number of hydrogen-bond acceptors (Lipinski definition) is 7. The van der Waals surface area contributed by atoms with Crippen molar-refractivity contribution in [2.45, 2.75) is 0 Å². The highest BCUT2D eigenvalue weighted by molar-refractivity contribution is 6.12. The third-order valence-corrected chi connectivity index (χ3v) is 9.61. The fourth-order valence-corrected chi connectivity index (χ4v) is 6.87. The van der Waals surface area contributed by atoms with Crippen LogP contribution < -0.4 is 0 Å². The van der Waals surface area contributed by atoms with Gasteiger partial charge in [0.1, 0.15) is 11.2 Å². The SMILES string of the molecule is c1ccc(-c2nc(-c3ccccc3)nc(-c3ccc(-c4ccc5c(c4)oc4cccc(-c6nc(-c7ccccc7)nc(-c7ccccc7)n6)c45)cc3)n2)cc1. The molecule has 3 heterocycles. The molecule has 0 amide bonds. The first-order valence-corrected chi connectivity index (χ1v) is 18.0. The molecule has 7 aromatic carbocycles. The summed E-state index contributed by atoms with van der Waals surface area (Å²) >= 11 is 0. The maximum Gasteiger partial charge on any atom is 0.164 e. The topological polar surface area (TPSA) is 90.5 Å². The highest BCUT2D eigenvalue weighted by Crippen LogP contribution is 2.38. The highest BCUT2D eigenvalue weighted by atomic mass is 16.3. The summed E-state index contributed by atoms with van der Waals surface area (Å²) in [5, 5.41) is 1.95. The van der Waals surface area contributed by atoms with E-state index in [2.05, 4.69) is 48.5 Å². The van der Waals surface area contributed by atoms with Crippen LogP contribution in [-0.2, 0) is 0 Å². The molecule has 0 N–H and O–H groups in total. The Hall–Kier alpha value is -7.64. The largest absolute Gasteiger partial charge is 0.456 e. The van der Waals surface area contributed by atoms with Crippen molar-refractivity contribution in [3.8, 4) is 79.5 Å². The zero-order valence-corrected chi connectivity index (χ0v) is 29.4. The number of benzene rings is 7. The van der Waals surface area contributed by atoms with Crippen molar-refractivity contribution in [2.24, 2.45) is 0 Å². The number of fused-ring (bicyclic) bond motifs is 3. The van der Waals surface area contributed by atoms with Crippen molar-refractivity contribution < 1.29 is 4.42 Å². The average molecular weight is 707 g/mol. The number of furan rings is 1. The number of nitrogens with zero attached hydrogens (tertiary/aromatic N) is 6. The van der Waals surface area contributed by atoms with E-state index in [1.165, 1.54) is 0 Å². The summed E-state index contributed by atoms with van der Waals surface area (Å²) in [5.74, 6) is 3.70. The monoisotopic (exact) mass is 706 g/mol. The van der Waals surface area contributed by atoms with Gasteiger partial charge in [0.2, 0.25) is 0 Å². The molecule has 0 unspecified atom stereocenters. The summed E-state index contributed by atoms with van der Waals surface area (Å²) in [7, 11) is 0. The minimum Gasteiger partial charge on any atom is -0.456 e. The lowest BCUT2D eigenvalue weighted by atomic mass is 10.0. The Kier molecular flexibility index (Phi) is 8.00. The number of hydrogen-bond donors (Lipinski definition) is 0. The molecule has 258 valence electrons. The lowest BCUT2D eigenvalue weighted by molar-refractivity contribution is 0.669. The molecule has 3 aromatic heterocycles. The van der Waals surface area contributed by atoms with Crippen LogP contribution in [0.4, 0.5) is 0 Å². The van der Waals surface area contributed by atoms with Crippen molar-refractivity contribution in [2.75, 3.05) is 0 Å². The maximum absolute atomic E-state index is 6.51. The van der Waals surface area contributed by atoms with E-state index >= 15 is 0 Å². The van der Waals surface area contributed by atoms with E-state index in [9.17, 15) is 0 Å². The predicted octanol–water partition coefficient (Wildman–Crippen LogP) is 11.6. The summed E-state index contributed by atoms with van der Waals surface area (Å²) in [5.41, 5.74) is 9.12. The zero-order chi connectivity index (χ0) is 36.6. The molecular weight excluding hydrogens is 677 g/mol. The van der Waals surface area contributed by atoms with Crippen LogP contribution in [0.3, 0.4) is 0 Å². The molecule has 0 aliphatic heterocycles. The minimum atomic E-state index is 0.588. The van der Waals surface area contributed by atoms with E-state index in [0.29, 0.717) is 34.9 Å². The molecule has 0 radical (unpaired) electrons. The molecule has 0 saturated carbocycles. The summed E-state index contributed by atoms with van der Waals surface area (Å²) in [6, 6.07) is 60.7. The van der Waals surface area contributed by atoms with Crippen molar-refractivity contribution in [3.05, 3.63) is 182 Å². The molecule has 0 aliphatic rings. The lowest BCUT2D eigenvalue weighted by Crippen LogP contribution is -2.00. The normalized spacial score (nSPS) is 11.3. The fourth-order valence-electron chi connectivity index (χ4n) is 6.87. The van der Waals surface area contributed by atoms with Crippen LogP contribution >= 0.6 is 0 Å². The Balaban J connectivity index is 1.03. The molecule has 0 spiro atoms. The molecule has 10 aromatic rings. The van der Waals surface area contributed by atoms with Gasteiger partial charge in [0.15, 0.2) is 34.9 Å². The Morgan fingerprint density at radius 3 is 1.11 bits per heavy atom. The van der Waals surface area contributed by atoms with E-state index in [1.54, 1.807) is 0 Å². The van der Waals surface area contributed by atoms with Crippen LogP contribution in [0.5, 0.6) is 0 Å². The number of aromatic nitrogens is 6. The summed E-state index contributed by atoms with van der Waals surface area (Å²) < 4.78 is 6.51. The van der Waals surface area contributed by atoms with E-state index in [-0.39, 0.29) is 0 Å². The van der Waals surface area contributed by atoms with Crippen LogP contribution in [-0.4, -0.2) is 29.9 Å². The second-order valence-electron chi connectivity index (χ2n) is 13.1. The summed E-state index contributed by atoms with van der Waals surface area (Å²) in [4.78, 5) is 29.5. The molecule has 10 rings (SSSR count). The second-order valence-corrected chi connectivity index (χ2v) is 13.1. The van der Waals surface area contributed by atoms with Crippen LogP contribution in [0.15, 0.2) is 186 Å². The fraction of sp³-hybridized carbons (Fsp3) is 0. The first kappa shape index (κ1) is 32.0. The smallest absolute Gasteiger partial charge is 0.164 e. The van der Waals surface area contributed by atoms with Gasteiger partial charge in [-0.15, -0.1) is 0 Å². The molecule has 0 bridgehead atoms. The van der Waals surface area contributed by atoms with Crippen molar-refractivity contribution >= 4 is 21.9 Å². The molecule has 0 aliphatic carbocycles. The van der Waals surface area contributed by atoms with Gasteiger partial charge < -0.3 is 4.42 Å². The molecule has 0 atom stereocenters. The molecule has 0 fully saturated rings. The maximum atomic E-state index is 6.51. The zero-order valence-electron chi connectivity index (χ0n) is 29.4. The van der Waals surface area contributed by atoms with Crippen LogP contribution in [0.25, 0.3) is 101 Å². The Labute approximate surface area is 316 Å². The van der Waals surface area contributed by atoms with Gasteiger partial charge in [-0.25, -0.2) is 29.9 Å². The predicted molar refractivity (Wildman–Crippen MR) is 219 cm³/mol. The van der Waals surface area contributed by atoms with E-state index in [0.717, 1.165) is 66.4 Å². The standard InChI is InChI=1S/C48H30N6O/c1-5-14-32(15-6-1)43-49-44(33-16-7-2-8-17-33)51-47(50-43)36-26-24-31(25-27-36)37-28-29-38-41(30-37)55-40-23-13-22-39(42(38)40)48-53-45(34-18-9-3-10-19-34)52-46(54-48)35-20-11-4-12-21-35/h1-30H. The third-order valence-electron chi connectivity index (χ3n) is 9.61. The second kappa shape index (κ2) is 13.7. The van der Waals surface area contributed by atoms with Gasteiger partial charge in [0.25, 0.3) is 0 Å². The average Bonchev–Trinajstić information content (AvgIpc) is 3.66. The van der Waals surface area contributed by atoms with Crippen LogP contribution in [0.1, 0.15) is 0 Å². The van der Waals surface area contributed by atoms with E-state index < -0.39 is 0 Å². The molecular formula is C48H30N6O. The first-order valence-electron chi connectivity index (χ1n) is 18.0. The lowest BCUT2D eigenvalue weighted by Gasteiger charge is -2.09. The van der Waals surface area contributed by atoms with E-state index in [4.69, 9.17) is 34.3 Å². The van der Waals surface area contributed by atoms with E-state index in [1.807, 2.05) is 133 Å². The third kappa shape index (κ3) is 6.19. The minimum absolute atomic E-state index is 0.588. The quantitative estimate of drug-likeness (QED) is 0.163.